The minimum absolute atomic E-state index is 0.172. The van der Waals surface area contributed by atoms with Crippen LogP contribution in [0.5, 0.6) is 0 Å². The van der Waals surface area contributed by atoms with Gasteiger partial charge in [0.05, 0.1) is 5.56 Å². The second kappa shape index (κ2) is 11.3. The highest BCUT2D eigenvalue weighted by atomic mass is 32.1. The third kappa shape index (κ3) is 6.25. The predicted molar refractivity (Wildman–Crippen MR) is 140 cm³/mol. The number of rotatable bonds is 9. The predicted octanol–water partition coefficient (Wildman–Crippen LogP) is 3.98. The third-order valence-electron chi connectivity index (χ3n) is 6.53. The number of aromatic nitrogens is 2. The third-order valence-corrected chi connectivity index (χ3v) is 7.02. The van der Waals surface area contributed by atoms with Crippen LogP contribution < -0.4 is 22.1 Å². The van der Waals surface area contributed by atoms with Crippen LogP contribution in [-0.2, 0) is 13.6 Å². The summed E-state index contributed by atoms with van der Waals surface area (Å²) < 4.78 is 3.65. The van der Waals surface area contributed by atoms with Gasteiger partial charge in [0.2, 0.25) is 0 Å². The van der Waals surface area contributed by atoms with E-state index in [1.807, 2.05) is 30.3 Å². The lowest BCUT2D eigenvalue weighted by atomic mass is 9.95. The van der Waals surface area contributed by atoms with E-state index in [-0.39, 0.29) is 17.8 Å². The van der Waals surface area contributed by atoms with E-state index in [2.05, 4.69) is 43.2 Å². The van der Waals surface area contributed by atoms with Gasteiger partial charge in [0, 0.05) is 31.9 Å². The quantitative estimate of drug-likeness (QED) is 0.378. The molecule has 1 aromatic carbocycles. The Hall–Kier alpha value is -2.16. The Balaban J connectivity index is 1.91. The van der Waals surface area contributed by atoms with E-state index in [1.54, 1.807) is 11.6 Å². The molecule has 1 aliphatic heterocycles. The summed E-state index contributed by atoms with van der Waals surface area (Å²) in [6.07, 6.45) is 2.04. The number of anilines is 2. The Morgan fingerprint density at radius 2 is 1.76 bits per heavy atom. The van der Waals surface area contributed by atoms with E-state index in [0.29, 0.717) is 29.0 Å². The molecule has 2 aromatic rings. The topological polar surface area (TPSA) is 80.2 Å². The maximum Gasteiger partial charge on any atom is 0.330 e. The molecule has 4 N–H and O–H groups in total. The van der Waals surface area contributed by atoms with Crippen LogP contribution in [0.3, 0.4) is 0 Å². The highest BCUT2D eigenvalue weighted by Gasteiger charge is 2.25. The summed E-state index contributed by atoms with van der Waals surface area (Å²) in [5.74, 6) is 1.31. The second-order valence-electron chi connectivity index (χ2n) is 9.87. The fraction of sp³-hybridized carbons (Fsp3) is 0.600. The van der Waals surface area contributed by atoms with Crippen LogP contribution in [-0.4, -0.2) is 39.7 Å². The van der Waals surface area contributed by atoms with Gasteiger partial charge in [-0.1, -0.05) is 44.3 Å². The van der Waals surface area contributed by atoms with E-state index in [4.69, 9.17) is 18.0 Å². The molecule has 1 aliphatic rings. The van der Waals surface area contributed by atoms with Crippen molar-refractivity contribution in [1.29, 1.82) is 0 Å². The molecule has 3 rings (SSSR count). The van der Waals surface area contributed by atoms with Crippen molar-refractivity contribution in [3.8, 4) is 0 Å². The molecule has 8 heteroatoms. The van der Waals surface area contributed by atoms with Gasteiger partial charge in [-0.15, -0.1) is 0 Å². The number of para-hydroxylation sites is 1. The van der Waals surface area contributed by atoms with Crippen molar-refractivity contribution in [3.63, 3.8) is 0 Å². The first-order valence-electron chi connectivity index (χ1n) is 12.1. The molecule has 33 heavy (non-hydrogen) atoms. The minimum atomic E-state index is -0.298. The van der Waals surface area contributed by atoms with Crippen molar-refractivity contribution in [3.05, 3.63) is 51.0 Å². The van der Waals surface area contributed by atoms with E-state index in [9.17, 15) is 4.79 Å². The summed E-state index contributed by atoms with van der Waals surface area (Å²) in [5.41, 5.74) is 8.18. The standard InChI is InChI=1S/C25H40N6OS/c1-17(2)16-31-22(26)21(24(33)29(5)25(31)32)23(28-20-9-7-6-8-10-20)27-15-19-11-13-30(14-12-19)18(3)4/h6-10,17-19,23,27-28H,11-16,26H2,1-5H3. The van der Waals surface area contributed by atoms with Crippen molar-refractivity contribution in [2.75, 3.05) is 30.7 Å². The van der Waals surface area contributed by atoms with Crippen LogP contribution in [0.2, 0.25) is 0 Å². The van der Waals surface area contributed by atoms with Crippen LogP contribution in [0.4, 0.5) is 11.5 Å². The van der Waals surface area contributed by atoms with Gasteiger partial charge >= 0.3 is 5.69 Å². The molecular formula is C25H40N6OS. The van der Waals surface area contributed by atoms with Gasteiger partial charge in [0.15, 0.2) is 0 Å². The first-order valence-corrected chi connectivity index (χ1v) is 12.5. The Kier molecular flexibility index (Phi) is 8.73. The van der Waals surface area contributed by atoms with Crippen LogP contribution in [0.15, 0.2) is 35.1 Å². The van der Waals surface area contributed by atoms with E-state index in [0.717, 1.165) is 30.9 Å². The fourth-order valence-corrected chi connectivity index (χ4v) is 4.80. The Morgan fingerprint density at radius 1 is 1.12 bits per heavy atom. The summed E-state index contributed by atoms with van der Waals surface area (Å²) in [7, 11) is 1.73. The van der Waals surface area contributed by atoms with Crippen molar-refractivity contribution >= 4 is 23.7 Å². The van der Waals surface area contributed by atoms with Crippen LogP contribution in [0, 0.1) is 16.5 Å². The monoisotopic (exact) mass is 472 g/mol. The first kappa shape index (κ1) is 25.5. The Morgan fingerprint density at radius 3 is 2.33 bits per heavy atom. The average Bonchev–Trinajstić information content (AvgIpc) is 2.79. The molecule has 1 saturated heterocycles. The number of likely N-dealkylation sites (tertiary alicyclic amines) is 1. The molecular weight excluding hydrogens is 432 g/mol. The Bertz CT molecular complexity index is 1020. The van der Waals surface area contributed by atoms with Gasteiger partial charge in [-0.3, -0.25) is 14.5 Å². The highest BCUT2D eigenvalue weighted by molar-refractivity contribution is 7.71. The lowest BCUT2D eigenvalue weighted by Gasteiger charge is -2.35. The van der Waals surface area contributed by atoms with Crippen molar-refractivity contribution in [2.45, 2.75) is 59.3 Å². The fourth-order valence-electron chi connectivity index (χ4n) is 4.50. The van der Waals surface area contributed by atoms with E-state index in [1.165, 1.54) is 17.4 Å². The molecule has 1 fully saturated rings. The number of nitrogens with one attached hydrogen (secondary N) is 2. The summed E-state index contributed by atoms with van der Waals surface area (Å²) in [4.78, 5) is 15.4. The van der Waals surface area contributed by atoms with Crippen molar-refractivity contribution in [1.82, 2.24) is 19.4 Å². The number of piperidine rings is 1. The zero-order valence-electron chi connectivity index (χ0n) is 20.7. The first-order chi connectivity index (χ1) is 15.7. The largest absolute Gasteiger partial charge is 0.385 e. The van der Waals surface area contributed by atoms with Gasteiger partial charge in [-0.2, -0.15) is 0 Å². The van der Waals surface area contributed by atoms with Crippen molar-refractivity contribution < 1.29 is 0 Å². The van der Waals surface area contributed by atoms with Gasteiger partial charge in [-0.05, 0) is 63.7 Å². The molecule has 0 radical (unpaired) electrons. The minimum Gasteiger partial charge on any atom is -0.385 e. The molecule has 0 amide bonds. The maximum atomic E-state index is 12.9. The summed E-state index contributed by atoms with van der Waals surface area (Å²) in [6.45, 7) is 12.3. The highest BCUT2D eigenvalue weighted by Crippen LogP contribution is 2.25. The van der Waals surface area contributed by atoms with Gasteiger partial charge in [-0.25, -0.2) is 4.79 Å². The lowest BCUT2D eigenvalue weighted by molar-refractivity contribution is 0.147. The lowest BCUT2D eigenvalue weighted by Crippen LogP contribution is -2.42. The number of nitrogen functional groups attached to an aromatic ring is 1. The maximum absolute atomic E-state index is 12.9. The van der Waals surface area contributed by atoms with E-state index < -0.39 is 0 Å². The molecule has 1 atom stereocenters. The molecule has 7 nitrogen and oxygen atoms in total. The van der Waals surface area contributed by atoms with Crippen molar-refractivity contribution in [2.24, 2.45) is 18.9 Å². The van der Waals surface area contributed by atoms with E-state index >= 15 is 0 Å². The summed E-state index contributed by atoms with van der Waals surface area (Å²) in [6, 6.07) is 10.6. The number of nitrogens with zero attached hydrogens (tertiary/aromatic N) is 3. The molecule has 2 heterocycles. The smallest absolute Gasteiger partial charge is 0.330 e. The molecule has 1 unspecified atom stereocenters. The molecule has 0 aliphatic carbocycles. The van der Waals surface area contributed by atoms with Gasteiger partial charge < -0.3 is 16.0 Å². The normalized spacial score (nSPS) is 16.5. The molecule has 182 valence electrons. The molecule has 0 spiro atoms. The number of hydrogen-bond acceptors (Lipinski definition) is 6. The zero-order chi connectivity index (χ0) is 24.1. The summed E-state index contributed by atoms with van der Waals surface area (Å²) in [5, 5.41) is 7.28. The van der Waals surface area contributed by atoms with Gasteiger partial charge in [0.1, 0.15) is 16.6 Å². The number of benzene rings is 1. The van der Waals surface area contributed by atoms with Crippen LogP contribution >= 0.6 is 12.2 Å². The molecule has 0 bridgehead atoms. The van der Waals surface area contributed by atoms with Crippen LogP contribution in [0.25, 0.3) is 0 Å². The Labute approximate surface area is 203 Å². The zero-order valence-corrected chi connectivity index (χ0v) is 21.5. The molecule has 0 saturated carbocycles. The average molecular weight is 473 g/mol. The SMILES string of the molecule is CC(C)Cn1c(N)c(C(NCC2CCN(C(C)C)CC2)Nc2ccccc2)c(=S)n(C)c1=O. The van der Waals surface area contributed by atoms with Crippen LogP contribution in [0.1, 0.15) is 52.3 Å². The summed E-state index contributed by atoms with van der Waals surface area (Å²) >= 11 is 5.73. The number of hydrogen-bond donors (Lipinski definition) is 3. The second-order valence-corrected chi connectivity index (χ2v) is 10.3. The van der Waals surface area contributed by atoms with Gasteiger partial charge in [0.25, 0.3) is 0 Å². The number of nitrogens with two attached hydrogens (primary N) is 1. The molecule has 1 aromatic heterocycles.